The lowest BCUT2D eigenvalue weighted by Gasteiger charge is -2.12. The van der Waals surface area contributed by atoms with E-state index in [2.05, 4.69) is 9.72 Å². The Balaban J connectivity index is 2.47. The number of halogens is 3. The monoisotopic (exact) mass is 284 g/mol. The third-order valence-electron chi connectivity index (χ3n) is 2.44. The Kier molecular flexibility index (Phi) is 3.69. The number of ether oxygens (including phenoxy) is 2. The van der Waals surface area contributed by atoms with Crippen LogP contribution in [0.15, 0.2) is 36.5 Å². The molecule has 4 nitrogen and oxygen atoms in total. The number of anilines is 1. The molecule has 0 aliphatic heterocycles. The molecule has 0 amide bonds. The van der Waals surface area contributed by atoms with E-state index in [1.54, 1.807) is 12.1 Å². The van der Waals surface area contributed by atoms with Gasteiger partial charge in [0.05, 0.1) is 7.11 Å². The van der Waals surface area contributed by atoms with E-state index in [0.29, 0.717) is 11.1 Å². The van der Waals surface area contributed by atoms with Crippen molar-refractivity contribution in [3.63, 3.8) is 0 Å². The SMILES string of the molecule is COc1ncccc1-c1cc(N)cc(OC(F)(F)F)c1. The van der Waals surface area contributed by atoms with Crippen molar-refractivity contribution >= 4 is 5.69 Å². The largest absolute Gasteiger partial charge is 0.573 e. The summed E-state index contributed by atoms with van der Waals surface area (Å²) in [5, 5.41) is 0. The zero-order valence-electron chi connectivity index (χ0n) is 10.4. The molecule has 106 valence electrons. The number of methoxy groups -OCH3 is 1. The van der Waals surface area contributed by atoms with Crippen molar-refractivity contribution in [2.24, 2.45) is 0 Å². The van der Waals surface area contributed by atoms with Gasteiger partial charge in [-0.05, 0) is 29.8 Å². The maximum Gasteiger partial charge on any atom is 0.573 e. The molecular weight excluding hydrogens is 273 g/mol. The molecule has 0 unspecified atom stereocenters. The minimum Gasteiger partial charge on any atom is -0.481 e. The Morgan fingerprint density at radius 1 is 1.20 bits per heavy atom. The lowest BCUT2D eigenvalue weighted by molar-refractivity contribution is -0.274. The van der Waals surface area contributed by atoms with E-state index in [-0.39, 0.29) is 11.6 Å². The molecule has 1 heterocycles. The number of pyridine rings is 1. The summed E-state index contributed by atoms with van der Waals surface area (Å²) < 4.78 is 45.7. The van der Waals surface area contributed by atoms with Crippen LogP contribution in [0.4, 0.5) is 18.9 Å². The molecule has 1 aromatic carbocycles. The Morgan fingerprint density at radius 2 is 1.95 bits per heavy atom. The van der Waals surface area contributed by atoms with Crippen molar-refractivity contribution in [3.05, 3.63) is 36.5 Å². The molecule has 0 saturated heterocycles. The number of alkyl halides is 3. The number of nitrogens with zero attached hydrogens (tertiary/aromatic N) is 1. The molecule has 20 heavy (non-hydrogen) atoms. The van der Waals surface area contributed by atoms with Crippen molar-refractivity contribution in [2.45, 2.75) is 6.36 Å². The highest BCUT2D eigenvalue weighted by Crippen LogP contribution is 2.34. The standard InChI is InChI=1S/C13H11F3N2O2/c1-19-12-11(3-2-4-18-12)8-5-9(17)7-10(6-8)20-13(14,15)16/h2-7H,17H2,1H3. The number of nitrogen functional groups attached to an aromatic ring is 1. The summed E-state index contributed by atoms with van der Waals surface area (Å²) in [4.78, 5) is 3.98. The number of aromatic nitrogens is 1. The van der Waals surface area contributed by atoms with Crippen LogP contribution in [0.5, 0.6) is 11.6 Å². The lowest BCUT2D eigenvalue weighted by atomic mass is 10.1. The summed E-state index contributed by atoms with van der Waals surface area (Å²) in [5.74, 6) is -0.102. The predicted octanol–water partition coefficient (Wildman–Crippen LogP) is 3.24. The van der Waals surface area contributed by atoms with Crippen LogP contribution in [0.25, 0.3) is 11.1 Å². The Hall–Kier alpha value is -2.44. The number of benzene rings is 1. The van der Waals surface area contributed by atoms with Crippen molar-refractivity contribution < 1.29 is 22.6 Å². The molecule has 0 radical (unpaired) electrons. The first-order valence-electron chi connectivity index (χ1n) is 5.55. The lowest BCUT2D eigenvalue weighted by Crippen LogP contribution is -2.17. The first kappa shape index (κ1) is 14.0. The zero-order chi connectivity index (χ0) is 14.8. The second kappa shape index (κ2) is 5.28. The fraction of sp³-hybridized carbons (Fsp3) is 0.154. The van der Waals surface area contributed by atoms with Crippen LogP contribution >= 0.6 is 0 Å². The predicted molar refractivity (Wildman–Crippen MR) is 67.3 cm³/mol. The van der Waals surface area contributed by atoms with Crippen molar-refractivity contribution in [3.8, 4) is 22.8 Å². The van der Waals surface area contributed by atoms with E-state index in [0.717, 1.165) is 6.07 Å². The average Bonchev–Trinajstić information content (AvgIpc) is 2.36. The quantitative estimate of drug-likeness (QED) is 0.879. The molecule has 2 aromatic rings. The Labute approximate surface area is 113 Å². The summed E-state index contributed by atoms with van der Waals surface area (Å²) in [5.41, 5.74) is 6.69. The van der Waals surface area contributed by atoms with Gasteiger partial charge >= 0.3 is 6.36 Å². The first-order chi connectivity index (χ1) is 9.39. The van der Waals surface area contributed by atoms with Gasteiger partial charge in [-0.2, -0.15) is 0 Å². The molecule has 0 fully saturated rings. The van der Waals surface area contributed by atoms with E-state index < -0.39 is 12.1 Å². The molecule has 0 atom stereocenters. The number of rotatable bonds is 3. The molecular formula is C13H11F3N2O2. The summed E-state index contributed by atoms with van der Waals surface area (Å²) in [6.45, 7) is 0. The maximum absolute atomic E-state index is 12.3. The minimum absolute atomic E-state index is 0.146. The van der Waals surface area contributed by atoms with Gasteiger partial charge in [0.2, 0.25) is 5.88 Å². The van der Waals surface area contributed by atoms with Crippen LogP contribution < -0.4 is 15.2 Å². The number of hydrogen-bond acceptors (Lipinski definition) is 4. The van der Waals surface area contributed by atoms with Gasteiger partial charge in [0.25, 0.3) is 0 Å². The van der Waals surface area contributed by atoms with Gasteiger partial charge in [0.1, 0.15) is 5.75 Å². The summed E-state index contributed by atoms with van der Waals surface area (Å²) in [6.07, 6.45) is -3.26. The summed E-state index contributed by atoms with van der Waals surface area (Å²) in [6, 6.07) is 7.15. The van der Waals surface area contributed by atoms with E-state index in [1.165, 1.54) is 25.4 Å². The van der Waals surface area contributed by atoms with Crippen LogP contribution in [0.1, 0.15) is 0 Å². The fourth-order valence-corrected chi connectivity index (χ4v) is 1.74. The van der Waals surface area contributed by atoms with Gasteiger partial charge in [-0.25, -0.2) is 4.98 Å². The minimum atomic E-state index is -4.77. The van der Waals surface area contributed by atoms with Gasteiger partial charge in [0, 0.05) is 23.5 Å². The molecule has 0 aliphatic rings. The molecule has 0 aliphatic carbocycles. The molecule has 2 N–H and O–H groups in total. The second-order valence-corrected chi connectivity index (χ2v) is 3.90. The first-order valence-corrected chi connectivity index (χ1v) is 5.55. The van der Waals surface area contributed by atoms with Crippen LogP contribution in [-0.4, -0.2) is 18.5 Å². The highest BCUT2D eigenvalue weighted by Gasteiger charge is 2.31. The van der Waals surface area contributed by atoms with E-state index >= 15 is 0 Å². The second-order valence-electron chi connectivity index (χ2n) is 3.90. The maximum atomic E-state index is 12.3. The molecule has 0 bridgehead atoms. The molecule has 0 spiro atoms. The van der Waals surface area contributed by atoms with Crippen molar-refractivity contribution in [1.29, 1.82) is 0 Å². The highest BCUT2D eigenvalue weighted by molar-refractivity contribution is 5.73. The van der Waals surface area contributed by atoms with Gasteiger partial charge < -0.3 is 15.2 Å². The molecule has 1 aromatic heterocycles. The highest BCUT2D eigenvalue weighted by atomic mass is 19.4. The smallest absolute Gasteiger partial charge is 0.481 e. The third-order valence-corrected chi connectivity index (χ3v) is 2.44. The average molecular weight is 284 g/mol. The van der Waals surface area contributed by atoms with Crippen LogP contribution in [0, 0.1) is 0 Å². The third kappa shape index (κ3) is 3.31. The van der Waals surface area contributed by atoms with E-state index in [1.807, 2.05) is 0 Å². The van der Waals surface area contributed by atoms with E-state index in [9.17, 15) is 13.2 Å². The summed E-state index contributed by atoms with van der Waals surface area (Å²) >= 11 is 0. The normalized spacial score (nSPS) is 11.2. The number of hydrogen-bond donors (Lipinski definition) is 1. The van der Waals surface area contributed by atoms with Crippen LogP contribution in [-0.2, 0) is 0 Å². The molecule has 0 saturated carbocycles. The zero-order valence-corrected chi connectivity index (χ0v) is 10.4. The topological polar surface area (TPSA) is 57.4 Å². The van der Waals surface area contributed by atoms with Gasteiger partial charge in [-0.15, -0.1) is 13.2 Å². The fourth-order valence-electron chi connectivity index (χ4n) is 1.74. The Morgan fingerprint density at radius 3 is 2.60 bits per heavy atom. The Bertz CT molecular complexity index is 615. The number of nitrogens with two attached hydrogens (primary N) is 1. The summed E-state index contributed by atoms with van der Waals surface area (Å²) in [7, 11) is 1.42. The van der Waals surface area contributed by atoms with Gasteiger partial charge in [-0.1, -0.05) is 0 Å². The van der Waals surface area contributed by atoms with Gasteiger partial charge in [-0.3, -0.25) is 0 Å². The molecule has 7 heteroatoms. The molecule has 2 rings (SSSR count). The van der Waals surface area contributed by atoms with Crippen molar-refractivity contribution in [1.82, 2.24) is 4.98 Å². The van der Waals surface area contributed by atoms with Crippen molar-refractivity contribution in [2.75, 3.05) is 12.8 Å². The van der Waals surface area contributed by atoms with E-state index in [4.69, 9.17) is 10.5 Å². The van der Waals surface area contributed by atoms with Gasteiger partial charge in [0.15, 0.2) is 0 Å². The van der Waals surface area contributed by atoms with Crippen LogP contribution in [0.3, 0.4) is 0 Å². The van der Waals surface area contributed by atoms with Crippen LogP contribution in [0.2, 0.25) is 0 Å².